The van der Waals surface area contributed by atoms with Crippen LogP contribution in [0, 0.1) is 0 Å². The number of carbonyl (C=O) groups excluding carboxylic acids is 1. The summed E-state index contributed by atoms with van der Waals surface area (Å²) in [5, 5.41) is 32.1. The van der Waals surface area contributed by atoms with E-state index in [1.54, 1.807) is 24.3 Å². The normalized spacial score (nSPS) is 13.6. The number of aromatic hydroxyl groups is 1. The van der Waals surface area contributed by atoms with Crippen molar-refractivity contribution >= 4 is 6.09 Å². The minimum absolute atomic E-state index is 0.0484. The zero-order valence-corrected chi connectivity index (χ0v) is 14.7. The Morgan fingerprint density at radius 3 is 2.39 bits per heavy atom. The number of benzene rings is 2. The molecule has 4 N–H and O–H groups in total. The third-order valence-electron chi connectivity index (χ3n) is 3.96. The molecule has 0 aliphatic rings. The lowest BCUT2D eigenvalue weighted by molar-refractivity contribution is -0.137. The van der Waals surface area contributed by atoms with E-state index in [9.17, 15) is 33.3 Å². The third-order valence-corrected chi connectivity index (χ3v) is 3.96. The molecule has 6 nitrogen and oxygen atoms in total. The number of carbonyl (C=O) groups is 1. The van der Waals surface area contributed by atoms with Gasteiger partial charge >= 0.3 is 12.3 Å². The number of nitrogens with one attached hydrogen (secondary N) is 1. The number of aliphatic hydroxyl groups excluding tert-OH is 2. The molecule has 152 valence electrons. The average Bonchev–Trinajstić information content (AvgIpc) is 2.65. The highest BCUT2D eigenvalue weighted by molar-refractivity contribution is 5.67. The molecule has 28 heavy (non-hydrogen) atoms. The molecule has 0 bridgehead atoms. The predicted octanol–water partition coefficient (Wildman–Crippen LogP) is 3.12. The van der Waals surface area contributed by atoms with Gasteiger partial charge < -0.3 is 25.4 Å². The SMILES string of the molecule is O=C(NCCC(O)C(O)c1ccc(C(F)(F)F)cc1O)OCc1ccccc1. The fourth-order valence-corrected chi connectivity index (χ4v) is 2.43. The molecule has 2 unspecified atom stereocenters. The molecule has 0 spiro atoms. The molecule has 2 aromatic carbocycles. The number of halogens is 3. The fourth-order valence-electron chi connectivity index (χ4n) is 2.43. The number of alkyl carbamates (subject to hydrolysis) is 1. The summed E-state index contributed by atoms with van der Waals surface area (Å²) in [5.74, 6) is -0.781. The zero-order valence-electron chi connectivity index (χ0n) is 14.7. The largest absolute Gasteiger partial charge is 0.508 e. The molecule has 1 amide bonds. The molecule has 9 heteroatoms. The van der Waals surface area contributed by atoms with Gasteiger partial charge in [-0.2, -0.15) is 13.2 Å². The van der Waals surface area contributed by atoms with Crippen molar-refractivity contribution < 1.29 is 38.0 Å². The maximum Gasteiger partial charge on any atom is 0.416 e. The molecule has 2 atom stereocenters. The monoisotopic (exact) mass is 399 g/mol. The van der Waals surface area contributed by atoms with Crippen LogP contribution in [0.15, 0.2) is 48.5 Å². The van der Waals surface area contributed by atoms with Crippen LogP contribution in [0.5, 0.6) is 5.75 Å². The first-order valence-electron chi connectivity index (χ1n) is 8.39. The van der Waals surface area contributed by atoms with E-state index in [1.807, 2.05) is 6.07 Å². The fraction of sp³-hybridized carbons (Fsp3) is 0.316. The standard InChI is InChI=1S/C19H20F3NO5/c20-19(21,22)13-6-7-14(16(25)10-13)17(26)15(24)8-9-23-18(27)28-11-12-4-2-1-3-5-12/h1-7,10,15,17,24-26H,8-9,11H2,(H,23,27). The van der Waals surface area contributed by atoms with Gasteiger partial charge in [0.25, 0.3) is 0 Å². The number of ether oxygens (including phenoxy) is 1. The van der Waals surface area contributed by atoms with Crippen LogP contribution in [0.25, 0.3) is 0 Å². The first kappa shape index (κ1) is 21.5. The molecule has 2 rings (SSSR count). The van der Waals surface area contributed by atoms with Gasteiger partial charge in [-0.1, -0.05) is 36.4 Å². The zero-order chi connectivity index (χ0) is 20.7. The van der Waals surface area contributed by atoms with Crippen LogP contribution in [0.1, 0.15) is 29.2 Å². The summed E-state index contributed by atoms with van der Waals surface area (Å²) >= 11 is 0. The van der Waals surface area contributed by atoms with E-state index in [0.29, 0.717) is 12.1 Å². The Morgan fingerprint density at radius 2 is 1.79 bits per heavy atom. The van der Waals surface area contributed by atoms with E-state index in [1.165, 1.54) is 0 Å². The molecule has 0 aliphatic heterocycles. The van der Waals surface area contributed by atoms with Gasteiger partial charge in [-0.05, 0) is 24.1 Å². The number of aliphatic hydroxyl groups is 2. The van der Waals surface area contributed by atoms with Crippen molar-refractivity contribution in [3.05, 3.63) is 65.2 Å². The van der Waals surface area contributed by atoms with Crippen LogP contribution in [0.2, 0.25) is 0 Å². The highest BCUT2D eigenvalue weighted by atomic mass is 19.4. The first-order valence-corrected chi connectivity index (χ1v) is 8.39. The summed E-state index contributed by atoms with van der Waals surface area (Å²) in [6, 6.07) is 11.1. The third kappa shape index (κ3) is 6.14. The van der Waals surface area contributed by atoms with Gasteiger partial charge in [-0.3, -0.25) is 0 Å². The molecule has 0 fully saturated rings. The van der Waals surface area contributed by atoms with E-state index in [4.69, 9.17) is 4.74 Å². The number of hydrogen-bond acceptors (Lipinski definition) is 5. The Balaban J connectivity index is 1.80. The number of phenols is 1. The number of phenolic OH excluding ortho intramolecular Hbond substituents is 1. The quantitative estimate of drug-likeness (QED) is 0.573. The predicted molar refractivity (Wildman–Crippen MR) is 93.3 cm³/mol. The lowest BCUT2D eigenvalue weighted by atomic mass is 9.99. The van der Waals surface area contributed by atoms with E-state index >= 15 is 0 Å². The van der Waals surface area contributed by atoms with Gasteiger partial charge in [-0.25, -0.2) is 4.79 Å². The summed E-state index contributed by atoms with van der Waals surface area (Å²) in [6.07, 6.45) is -8.50. The van der Waals surface area contributed by atoms with E-state index in [0.717, 1.165) is 11.6 Å². The lowest BCUT2D eigenvalue weighted by Crippen LogP contribution is -2.29. The average molecular weight is 399 g/mol. The van der Waals surface area contributed by atoms with Crippen molar-refractivity contribution in [2.24, 2.45) is 0 Å². The lowest BCUT2D eigenvalue weighted by Gasteiger charge is -2.20. The Labute approximate surface area is 159 Å². The van der Waals surface area contributed by atoms with Crippen molar-refractivity contribution in [1.82, 2.24) is 5.32 Å². The van der Waals surface area contributed by atoms with Gasteiger partial charge in [0.2, 0.25) is 0 Å². The summed E-state index contributed by atoms with van der Waals surface area (Å²) in [7, 11) is 0. The molecule has 0 radical (unpaired) electrons. The maximum absolute atomic E-state index is 12.6. The minimum Gasteiger partial charge on any atom is -0.508 e. The van der Waals surface area contributed by atoms with Crippen LogP contribution < -0.4 is 5.32 Å². The summed E-state index contributed by atoms with van der Waals surface area (Å²) in [4.78, 5) is 11.6. The molecule has 0 saturated heterocycles. The highest BCUT2D eigenvalue weighted by Gasteiger charge is 2.32. The van der Waals surface area contributed by atoms with Gasteiger partial charge in [-0.15, -0.1) is 0 Å². The van der Waals surface area contributed by atoms with Crippen LogP contribution >= 0.6 is 0 Å². The number of rotatable bonds is 7. The smallest absolute Gasteiger partial charge is 0.416 e. The van der Waals surface area contributed by atoms with Crippen molar-refractivity contribution in [2.75, 3.05) is 6.54 Å². The Hall–Kier alpha value is -2.78. The number of hydrogen-bond donors (Lipinski definition) is 4. The van der Waals surface area contributed by atoms with E-state index in [2.05, 4.69) is 5.32 Å². The second kappa shape index (κ2) is 9.43. The Kier molecular flexibility index (Phi) is 7.24. The van der Waals surface area contributed by atoms with E-state index in [-0.39, 0.29) is 25.1 Å². The first-order chi connectivity index (χ1) is 13.2. The topological polar surface area (TPSA) is 99.0 Å². The van der Waals surface area contributed by atoms with E-state index < -0.39 is 35.8 Å². The molecule has 0 aromatic heterocycles. The molecule has 0 saturated carbocycles. The molecule has 0 heterocycles. The van der Waals surface area contributed by atoms with Gasteiger partial charge in [0.05, 0.1) is 11.7 Å². The number of alkyl halides is 3. The summed E-state index contributed by atoms with van der Waals surface area (Å²) in [5.41, 5.74) is -0.517. The molecule has 2 aromatic rings. The van der Waals surface area contributed by atoms with Crippen LogP contribution in [0.3, 0.4) is 0 Å². The van der Waals surface area contributed by atoms with Crippen molar-refractivity contribution in [2.45, 2.75) is 31.4 Å². The van der Waals surface area contributed by atoms with Crippen molar-refractivity contribution in [1.29, 1.82) is 0 Å². The number of amides is 1. The van der Waals surface area contributed by atoms with Gasteiger partial charge in [0, 0.05) is 12.1 Å². The molecule has 0 aliphatic carbocycles. The summed E-state index contributed by atoms with van der Waals surface area (Å²) in [6.45, 7) is 0.0184. The highest BCUT2D eigenvalue weighted by Crippen LogP contribution is 2.35. The molecular formula is C19H20F3NO5. The second-order valence-corrected chi connectivity index (χ2v) is 6.06. The van der Waals surface area contributed by atoms with Gasteiger partial charge in [0.1, 0.15) is 18.5 Å². The van der Waals surface area contributed by atoms with Crippen LogP contribution in [-0.2, 0) is 17.5 Å². The Morgan fingerprint density at radius 1 is 1.11 bits per heavy atom. The van der Waals surface area contributed by atoms with Crippen molar-refractivity contribution in [3.63, 3.8) is 0 Å². The summed E-state index contributed by atoms with van der Waals surface area (Å²) < 4.78 is 42.8. The van der Waals surface area contributed by atoms with Gasteiger partial charge in [0.15, 0.2) is 0 Å². The minimum atomic E-state index is -4.64. The van der Waals surface area contributed by atoms with Crippen LogP contribution in [0.4, 0.5) is 18.0 Å². The van der Waals surface area contributed by atoms with Crippen LogP contribution in [-0.4, -0.2) is 34.1 Å². The second-order valence-electron chi connectivity index (χ2n) is 6.06. The maximum atomic E-state index is 12.6. The van der Waals surface area contributed by atoms with Crippen molar-refractivity contribution in [3.8, 4) is 5.75 Å². The molecular weight excluding hydrogens is 379 g/mol. The Bertz CT molecular complexity index is 783.